The molecule has 0 aromatic heterocycles. The second kappa shape index (κ2) is 5.47. The predicted octanol–water partition coefficient (Wildman–Crippen LogP) is 5.55. The van der Waals surface area contributed by atoms with Crippen LogP contribution in [0.3, 0.4) is 0 Å². The lowest BCUT2D eigenvalue weighted by Crippen LogP contribution is -2.23. The molecule has 0 unspecified atom stereocenters. The van der Waals surface area contributed by atoms with Crippen molar-refractivity contribution in [2.24, 2.45) is 0 Å². The minimum atomic E-state index is 0.840. The van der Waals surface area contributed by atoms with Gasteiger partial charge in [-0.05, 0) is 61.4 Å². The fraction of sp³-hybridized carbons (Fsp3) is 0.143. The van der Waals surface area contributed by atoms with Gasteiger partial charge in [-0.1, -0.05) is 36.4 Å². The smallest absolute Gasteiger partial charge is 0.100 e. The van der Waals surface area contributed by atoms with Gasteiger partial charge in [-0.25, -0.2) is 0 Å². The average Bonchev–Trinajstić information content (AvgIpc) is 2.95. The van der Waals surface area contributed by atoms with E-state index in [0.29, 0.717) is 0 Å². The van der Waals surface area contributed by atoms with E-state index in [0.717, 1.165) is 6.67 Å². The van der Waals surface area contributed by atoms with Gasteiger partial charge >= 0.3 is 0 Å². The number of para-hydroxylation sites is 2. The number of rotatable bonds is 2. The maximum Gasteiger partial charge on any atom is 0.100 e. The molecule has 0 bridgehead atoms. The fourth-order valence-electron chi connectivity index (χ4n) is 3.25. The first-order chi connectivity index (χ1) is 11.2. The summed E-state index contributed by atoms with van der Waals surface area (Å²) in [6.45, 7) is 5.12. The van der Waals surface area contributed by atoms with Crippen LogP contribution in [0.15, 0.2) is 72.8 Å². The molecule has 2 heteroatoms. The van der Waals surface area contributed by atoms with Crippen LogP contribution >= 0.6 is 0 Å². The Morgan fingerprint density at radius 1 is 0.609 bits per heavy atom. The van der Waals surface area contributed by atoms with Gasteiger partial charge in [-0.2, -0.15) is 0 Å². The van der Waals surface area contributed by atoms with Crippen molar-refractivity contribution in [1.82, 2.24) is 0 Å². The van der Waals surface area contributed by atoms with Crippen LogP contribution in [-0.2, 0) is 0 Å². The lowest BCUT2D eigenvalue weighted by atomic mass is 10.2. The molecule has 0 aliphatic carbocycles. The summed E-state index contributed by atoms with van der Waals surface area (Å²) in [7, 11) is 0. The van der Waals surface area contributed by atoms with E-state index >= 15 is 0 Å². The van der Waals surface area contributed by atoms with Crippen molar-refractivity contribution in [3.05, 3.63) is 83.9 Å². The first-order valence-corrected chi connectivity index (χ1v) is 8.00. The summed E-state index contributed by atoms with van der Waals surface area (Å²) in [5.41, 5.74) is 7.59. The van der Waals surface area contributed by atoms with Crippen LogP contribution in [0.1, 0.15) is 11.1 Å². The Labute approximate surface area is 137 Å². The van der Waals surface area contributed by atoms with Crippen molar-refractivity contribution >= 4 is 22.7 Å². The lowest BCUT2D eigenvalue weighted by Gasteiger charge is -2.22. The highest BCUT2D eigenvalue weighted by Crippen LogP contribution is 2.43. The zero-order valence-electron chi connectivity index (χ0n) is 13.5. The molecule has 0 saturated heterocycles. The Balaban J connectivity index is 1.80. The van der Waals surface area contributed by atoms with Crippen molar-refractivity contribution in [3.8, 4) is 0 Å². The second-order valence-corrected chi connectivity index (χ2v) is 6.16. The molecule has 3 aromatic carbocycles. The SMILES string of the molecule is Cc1cccc(N2CN(c3cccc(C)c3)c3ccccc32)c1. The molecular weight excluding hydrogens is 280 g/mol. The summed E-state index contributed by atoms with van der Waals surface area (Å²) in [6, 6.07) is 26.0. The van der Waals surface area contributed by atoms with Crippen LogP contribution in [0.2, 0.25) is 0 Å². The summed E-state index contributed by atoms with van der Waals surface area (Å²) in [5.74, 6) is 0. The van der Waals surface area contributed by atoms with E-state index < -0.39 is 0 Å². The average molecular weight is 300 g/mol. The molecule has 4 rings (SSSR count). The van der Waals surface area contributed by atoms with Crippen LogP contribution in [0, 0.1) is 13.8 Å². The van der Waals surface area contributed by atoms with Gasteiger partial charge in [-0.3, -0.25) is 0 Å². The maximum absolute atomic E-state index is 2.38. The van der Waals surface area contributed by atoms with Crippen LogP contribution in [-0.4, -0.2) is 6.67 Å². The van der Waals surface area contributed by atoms with Crippen LogP contribution in [0.4, 0.5) is 22.7 Å². The summed E-state index contributed by atoms with van der Waals surface area (Å²) < 4.78 is 0. The Bertz CT molecular complexity index is 783. The molecule has 0 fully saturated rings. The molecule has 0 N–H and O–H groups in total. The van der Waals surface area contributed by atoms with Gasteiger partial charge in [0, 0.05) is 11.4 Å². The molecule has 0 saturated carbocycles. The third-order valence-electron chi connectivity index (χ3n) is 4.37. The topological polar surface area (TPSA) is 6.48 Å². The van der Waals surface area contributed by atoms with E-state index in [-0.39, 0.29) is 0 Å². The zero-order valence-corrected chi connectivity index (χ0v) is 13.5. The van der Waals surface area contributed by atoms with Crippen molar-refractivity contribution in [1.29, 1.82) is 0 Å². The molecule has 2 nitrogen and oxygen atoms in total. The minimum absolute atomic E-state index is 0.840. The van der Waals surface area contributed by atoms with Gasteiger partial charge in [-0.15, -0.1) is 0 Å². The number of anilines is 4. The number of benzene rings is 3. The molecule has 0 amide bonds. The van der Waals surface area contributed by atoms with Gasteiger partial charge in [0.25, 0.3) is 0 Å². The quantitative estimate of drug-likeness (QED) is 0.612. The highest BCUT2D eigenvalue weighted by Gasteiger charge is 2.27. The third kappa shape index (κ3) is 2.46. The molecule has 1 heterocycles. The molecule has 0 atom stereocenters. The Hall–Kier alpha value is -2.74. The number of aryl methyl sites for hydroxylation is 2. The zero-order chi connectivity index (χ0) is 15.8. The summed E-state index contributed by atoms with van der Waals surface area (Å²) in [5, 5.41) is 0. The van der Waals surface area contributed by atoms with E-state index in [4.69, 9.17) is 0 Å². The number of fused-ring (bicyclic) bond motifs is 1. The molecule has 1 aliphatic heterocycles. The van der Waals surface area contributed by atoms with Crippen LogP contribution < -0.4 is 9.80 Å². The van der Waals surface area contributed by atoms with Crippen LogP contribution in [0.5, 0.6) is 0 Å². The highest BCUT2D eigenvalue weighted by atomic mass is 15.4. The summed E-state index contributed by atoms with van der Waals surface area (Å²) >= 11 is 0. The number of hydrogen-bond acceptors (Lipinski definition) is 2. The largest absolute Gasteiger partial charge is 0.321 e. The van der Waals surface area contributed by atoms with Crippen molar-refractivity contribution in [3.63, 3.8) is 0 Å². The minimum Gasteiger partial charge on any atom is -0.321 e. The van der Waals surface area contributed by atoms with Crippen molar-refractivity contribution < 1.29 is 0 Å². The monoisotopic (exact) mass is 300 g/mol. The molecular formula is C21H20N2. The molecule has 0 radical (unpaired) electrons. The summed E-state index contributed by atoms with van der Waals surface area (Å²) in [4.78, 5) is 4.76. The Morgan fingerprint density at radius 2 is 1.09 bits per heavy atom. The Morgan fingerprint density at radius 3 is 1.52 bits per heavy atom. The predicted molar refractivity (Wildman–Crippen MR) is 97.9 cm³/mol. The van der Waals surface area contributed by atoms with E-state index in [1.807, 2.05) is 0 Å². The Kier molecular flexibility index (Phi) is 3.30. The van der Waals surface area contributed by atoms with Gasteiger partial charge in [0.2, 0.25) is 0 Å². The normalized spacial score (nSPS) is 13.3. The second-order valence-electron chi connectivity index (χ2n) is 6.16. The number of hydrogen-bond donors (Lipinski definition) is 0. The van der Waals surface area contributed by atoms with Gasteiger partial charge < -0.3 is 9.80 Å². The first kappa shape index (κ1) is 13.9. The van der Waals surface area contributed by atoms with Crippen molar-refractivity contribution in [2.45, 2.75) is 13.8 Å². The molecule has 1 aliphatic rings. The van der Waals surface area contributed by atoms with E-state index in [1.165, 1.54) is 33.9 Å². The molecule has 23 heavy (non-hydrogen) atoms. The van der Waals surface area contributed by atoms with Crippen molar-refractivity contribution in [2.75, 3.05) is 16.5 Å². The third-order valence-corrected chi connectivity index (χ3v) is 4.37. The number of nitrogens with zero attached hydrogens (tertiary/aromatic N) is 2. The van der Waals surface area contributed by atoms with Gasteiger partial charge in [0.15, 0.2) is 0 Å². The standard InChI is InChI=1S/C21H20N2/c1-16-7-5-9-18(13-16)22-15-23(19-10-6-8-17(2)14-19)21-12-4-3-11-20(21)22/h3-14H,15H2,1-2H3. The van der Waals surface area contributed by atoms with Gasteiger partial charge in [0.05, 0.1) is 11.4 Å². The fourth-order valence-corrected chi connectivity index (χ4v) is 3.25. The molecule has 0 spiro atoms. The maximum atomic E-state index is 2.38. The molecule has 3 aromatic rings. The van der Waals surface area contributed by atoms with E-state index in [9.17, 15) is 0 Å². The van der Waals surface area contributed by atoms with E-state index in [2.05, 4.69) is 96.4 Å². The van der Waals surface area contributed by atoms with Crippen LogP contribution in [0.25, 0.3) is 0 Å². The molecule has 114 valence electrons. The highest BCUT2D eigenvalue weighted by molar-refractivity contribution is 5.86. The van der Waals surface area contributed by atoms with Gasteiger partial charge in [0.1, 0.15) is 6.67 Å². The van der Waals surface area contributed by atoms with E-state index in [1.54, 1.807) is 0 Å². The summed E-state index contributed by atoms with van der Waals surface area (Å²) in [6.07, 6.45) is 0. The first-order valence-electron chi connectivity index (χ1n) is 8.00. The lowest BCUT2D eigenvalue weighted by molar-refractivity contribution is 0.989.